The lowest BCUT2D eigenvalue weighted by molar-refractivity contribution is -0.187. The van der Waals surface area contributed by atoms with Crippen LogP contribution in [0, 0.1) is 17.3 Å². The maximum Gasteiger partial charge on any atom is 0.409 e. The molecule has 456 valence electrons. The Morgan fingerprint density at radius 3 is 2.36 bits per heavy atom. The van der Waals surface area contributed by atoms with Crippen molar-refractivity contribution in [2.45, 2.75) is 116 Å². The molecule has 6 amide bonds. The third-order valence-electron chi connectivity index (χ3n) is 16.8. The van der Waals surface area contributed by atoms with E-state index in [9.17, 15) is 48.9 Å². The number of anilines is 1. The van der Waals surface area contributed by atoms with Crippen LogP contribution >= 0.6 is 11.6 Å². The molecule has 0 spiro atoms. The van der Waals surface area contributed by atoms with Crippen molar-refractivity contribution in [3.63, 3.8) is 0 Å². The molecule has 83 heavy (non-hydrogen) atoms. The smallest absolute Gasteiger partial charge is 0.409 e. The van der Waals surface area contributed by atoms with Crippen LogP contribution in [0.5, 0.6) is 5.75 Å². The number of aryl methyl sites for hydroxylation is 1. The summed E-state index contributed by atoms with van der Waals surface area (Å²) in [6, 6.07) is 12.2. The molecule has 6 N–H and O–H groups in total. The highest BCUT2D eigenvalue weighted by atomic mass is 35.5. The fourth-order valence-corrected chi connectivity index (χ4v) is 11.7. The minimum Gasteiger partial charge on any atom is -0.495 e. The quantitative estimate of drug-likeness (QED) is 0.0620. The first-order valence-corrected chi connectivity index (χ1v) is 28.5. The number of likely N-dealkylation sites (N-methyl/N-ethyl adjacent to an activating group) is 1. The van der Waals surface area contributed by atoms with E-state index in [1.165, 1.54) is 42.9 Å². The van der Waals surface area contributed by atoms with Gasteiger partial charge in [-0.2, -0.15) is 0 Å². The summed E-state index contributed by atoms with van der Waals surface area (Å²) in [4.78, 5) is 101. The molecule has 2 aliphatic heterocycles. The van der Waals surface area contributed by atoms with Crippen molar-refractivity contribution in [3.05, 3.63) is 82.5 Å². The number of nitrogens with zero attached hydrogens (tertiary/aromatic N) is 6. The molecule has 1 aliphatic carbocycles. The van der Waals surface area contributed by atoms with Gasteiger partial charge in [-0.05, 0) is 87.2 Å². The SMILES string of the molecule is CNN(C)Cc1cc2ccccc2n1CCC(=O)NCC(=O)N(CCO)CC(=O)N(CCO)CCC(=O)N(C)[C@@H](C)C(=O)O[C@H]1CC(=O)N(C)c2cc(cc(OC)c2Cl)C/C(C)=C/C=C/[C@@H](OC)[C@@]2(O)C[C@H](OC(=O)N2)[C@@H](C)[C@@H]2CC[C@@]12C. The topological polar surface area (TPSA) is 274 Å². The van der Waals surface area contributed by atoms with Gasteiger partial charge >= 0.3 is 12.1 Å². The van der Waals surface area contributed by atoms with Crippen LogP contribution < -0.4 is 25.7 Å². The van der Waals surface area contributed by atoms with Crippen molar-refractivity contribution in [1.82, 2.24) is 40.3 Å². The normalized spacial score (nSPS) is 24.3. The van der Waals surface area contributed by atoms with E-state index in [0.717, 1.165) is 32.6 Å². The Labute approximate surface area is 490 Å². The van der Waals surface area contributed by atoms with Crippen molar-refractivity contribution in [2.75, 3.05) is 93.2 Å². The van der Waals surface area contributed by atoms with Crippen molar-refractivity contribution in [2.24, 2.45) is 17.3 Å². The number of fused-ring (bicyclic) bond motifs is 6. The molecule has 3 aromatic rings. The Hall–Kier alpha value is -6.60. The zero-order valence-electron chi connectivity index (χ0n) is 49.4. The second-order valence-corrected chi connectivity index (χ2v) is 22.6. The zero-order valence-corrected chi connectivity index (χ0v) is 50.2. The Bertz CT molecular complexity index is 2880. The molecular weight excluding hydrogens is 1090 g/mol. The van der Waals surface area contributed by atoms with Crippen molar-refractivity contribution >= 4 is 69.8 Å². The molecule has 8 atom stereocenters. The van der Waals surface area contributed by atoms with E-state index in [1.54, 1.807) is 31.3 Å². The molecule has 0 unspecified atom stereocenters. The van der Waals surface area contributed by atoms with E-state index >= 15 is 0 Å². The maximum absolute atomic E-state index is 14.6. The number of allylic oxidation sites excluding steroid dienone is 3. The Kier molecular flexibility index (Phi) is 23.1. The highest BCUT2D eigenvalue weighted by molar-refractivity contribution is 6.35. The van der Waals surface area contributed by atoms with E-state index < -0.39 is 109 Å². The summed E-state index contributed by atoms with van der Waals surface area (Å²) in [5, 5.41) is 40.2. The number of esters is 1. The number of benzene rings is 2. The van der Waals surface area contributed by atoms with E-state index in [-0.39, 0.29) is 56.3 Å². The second kappa shape index (κ2) is 29.3. The Morgan fingerprint density at radius 2 is 1.70 bits per heavy atom. The van der Waals surface area contributed by atoms with Crippen LogP contribution in [0.3, 0.4) is 0 Å². The fraction of sp³-hybridized carbons (Fsp3) is 0.576. The molecular formula is C59H84ClN9O14. The van der Waals surface area contributed by atoms with Crippen molar-refractivity contribution in [3.8, 4) is 5.75 Å². The van der Waals surface area contributed by atoms with Crippen LogP contribution in [-0.4, -0.2) is 200 Å². The van der Waals surface area contributed by atoms with Crippen LogP contribution in [0.15, 0.2) is 66.3 Å². The number of hydrogen-bond donors (Lipinski definition) is 6. The number of hydrogen-bond acceptors (Lipinski definition) is 16. The average Bonchev–Trinajstić information content (AvgIpc) is 3.98. The van der Waals surface area contributed by atoms with Crippen LogP contribution in [0.2, 0.25) is 5.02 Å². The Balaban J connectivity index is 1.13. The molecule has 2 fully saturated rings. The van der Waals surface area contributed by atoms with Crippen LogP contribution in [0.25, 0.3) is 10.9 Å². The highest BCUT2D eigenvalue weighted by Gasteiger charge is 2.57. The van der Waals surface area contributed by atoms with Crippen LogP contribution in [0.4, 0.5) is 10.5 Å². The number of rotatable bonds is 22. The van der Waals surface area contributed by atoms with E-state index in [1.807, 2.05) is 74.8 Å². The lowest BCUT2D eigenvalue weighted by Crippen LogP contribution is -2.64. The number of para-hydroxylation sites is 1. The number of methoxy groups -OCH3 is 2. The lowest BCUT2D eigenvalue weighted by Gasteiger charge is -2.55. The minimum absolute atomic E-state index is 0.0517. The summed E-state index contributed by atoms with van der Waals surface area (Å²) >= 11 is 6.88. The molecule has 24 heteroatoms. The number of aromatic nitrogens is 1. The van der Waals surface area contributed by atoms with Crippen LogP contribution in [-0.2, 0) is 62.5 Å². The van der Waals surface area contributed by atoms with E-state index in [0.29, 0.717) is 43.8 Å². The van der Waals surface area contributed by atoms with Gasteiger partial charge in [0, 0.05) is 90.3 Å². The van der Waals surface area contributed by atoms with Gasteiger partial charge in [0.2, 0.25) is 29.5 Å². The molecule has 2 aromatic carbocycles. The number of amides is 6. The molecule has 23 nitrogen and oxygen atoms in total. The first kappa shape index (κ1) is 65.6. The number of carbonyl (C=O) groups excluding carboxylic acids is 7. The number of ether oxygens (including phenoxy) is 4. The van der Waals surface area contributed by atoms with Gasteiger partial charge in [0.25, 0.3) is 0 Å². The molecule has 1 aromatic heterocycles. The van der Waals surface area contributed by atoms with Gasteiger partial charge in [-0.3, -0.25) is 34.7 Å². The van der Waals surface area contributed by atoms with Gasteiger partial charge in [-0.25, -0.2) is 14.6 Å². The molecule has 4 bridgehead atoms. The highest BCUT2D eigenvalue weighted by Crippen LogP contribution is 2.56. The fourth-order valence-electron chi connectivity index (χ4n) is 11.4. The number of nitrogens with one attached hydrogen (secondary N) is 3. The summed E-state index contributed by atoms with van der Waals surface area (Å²) in [7, 11) is 9.59. The summed E-state index contributed by atoms with van der Waals surface area (Å²) in [5.41, 5.74) is 4.28. The third kappa shape index (κ3) is 16.0. The maximum atomic E-state index is 14.6. The molecule has 3 aliphatic rings. The summed E-state index contributed by atoms with van der Waals surface area (Å²) in [5.74, 6) is -3.92. The standard InChI is InChI=1S/C59H84ClN9O14/c1-37-14-13-17-48(81-10)59(79)33-47(82-57(78)63-59)38(2)43-18-21-58(43,4)49(32-52(74)66(8)45-29-40(28-37)30-46(80-9)55(45)60)83-56(77)39(3)65(7)51(73)20-22-67(24-26-70)54(76)36-68(25-27-71)53(75)34-62-50(72)19-23-69-42(35-64(6)61-5)31-41-15-11-12-16-44(41)69/h11-17,29-31,38-39,43,47-49,61,70-71,79H,18-28,32-36H2,1-10H3,(H,62,72)(H,63,78)/b17-13+,37-14+/t38-,39-,43-,47-,48+,49-,58+,59-/m0/s1. The number of hydrazine groups is 1. The monoisotopic (exact) mass is 1180 g/mol. The summed E-state index contributed by atoms with van der Waals surface area (Å²) in [6.07, 6.45) is 2.40. The van der Waals surface area contributed by atoms with Gasteiger partial charge < -0.3 is 63.8 Å². The third-order valence-corrected chi connectivity index (χ3v) is 17.2. The molecule has 1 saturated carbocycles. The van der Waals surface area contributed by atoms with Gasteiger partial charge in [0.15, 0.2) is 5.72 Å². The van der Waals surface area contributed by atoms with E-state index in [2.05, 4.69) is 22.1 Å². The first-order valence-electron chi connectivity index (χ1n) is 28.1. The summed E-state index contributed by atoms with van der Waals surface area (Å²) < 4.78 is 25.6. The summed E-state index contributed by atoms with van der Waals surface area (Å²) in [6.45, 7) is 5.49. The molecule has 1 saturated heterocycles. The molecule has 6 rings (SSSR count). The number of aliphatic hydroxyl groups is 3. The first-order chi connectivity index (χ1) is 39.4. The largest absolute Gasteiger partial charge is 0.495 e. The number of alkyl carbamates (subject to hydrolysis) is 1. The zero-order chi connectivity index (χ0) is 60.9. The molecule has 3 heterocycles. The second-order valence-electron chi connectivity index (χ2n) is 22.2. The lowest BCUT2D eigenvalue weighted by atomic mass is 9.53. The number of carbonyl (C=O) groups is 7. The number of halogens is 1. The minimum atomic E-state index is -1.86. The predicted molar refractivity (Wildman–Crippen MR) is 311 cm³/mol. The molecule has 0 radical (unpaired) electrons. The predicted octanol–water partition coefficient (Wildman–Crippen LogP) is 3.53. The van der Waals surface area contributed by atoms with Gasteiger partial charge in [-0.1, -0.05) is 67.4 Å². The van der Waals surface area contributed by atoms with Crippen LogP contribution in [0.1, 0.15) is 77.5 Å². The van der Waals surface area contributed by atoms with Crippen molar-refractivity contribution in [1.29, 1.82) is 0 Å². The van der Waals surface area contributed by atoms with E-state index in [4.69, 9.17) is 30.5 Å². The number of aliphatic hydroxyl groups excluding tert-OH is 2. The van der Waals surface area contributed by atoms with Crippen molar-refractivity contribution < 1.29 is 67.8 Å². The average molecular weight is 1180 g/mol. The Morgan fingerprint density at radius 1 is 0.988 bits per heavy atom. The van der Waals surface area contributed by atoms with Gasteiger partial charge in [-0.15, -0.1) is 0 Å². The van der Waals surface area contributed by atoms with Gasteiger partial charge in [0.1, 0.15) is 35.1 Å². The van der Waals surface area contributed by atoms with Gasteiger partial charge in [0.05, 0.1) is 52.1 Å².